The first-order chi connectivity index (χ1) is 10.2. The van der Waals surface area contributed by atoms with Crippen molar-refractivity contribution in [2.24, 2.45) is 0 Å². The SMILES string of the molecule is C[C@H](C(=O)Nc1ccccc1)n1c(=O)oc2ccccc21. The Kier molecular flexibility index (Phi) is 3.31. The zero-order chi connectivity index (χ0) is 14.8. The number of hydrogen-bond donors (Lipinski definition) is 1. The molecule has 3 aromatic rings. The van der Waals surface area contributed by atoms with E-state index in [0.717, 1.165) is 0 Å². The molecule has 0 aliphatic rings. The number of hydrogen-bond acceptors (Lipinski definition) is 3. The number of amides is 1. The number of carbonyl (C=O) groups excluding carboxylic acids is 1. The molecule has 0 bridgehead atoms. The topological polar surface area (TPSA) is 64.2 Å². The van der Waals surface area contributed by atoms with Crippen LogP contribution in [0.5, 0.6) is 0 Å². The molecule has 0 radical (unpaired) electrons. The molecule has 0 saturated carbocycles. The van der Waals surface area contributed by atoms with E-state index in [2.05, 4.69) is 5.32 Å². The molecule has 1 N–H and O–H groups in total. The van der Waals surface area contributed by atoms with Crippen LogP contribution in [0.15, 0.2) is 63.8 Å². The van der Waals surface area contributed by atoms with E-state index < -0.39 is 11.8 Å². The van der Waals surface area contributed by atoms with Crippen LogP contribution in [-0.4, -0.2) is 10.5 Å². The molecular weight excluding hydrogens is 268 g/mol. The fraction of sp³-hybridized carbons (Fsp3) is 0.125. The first kappa shape index (κ1) is 13.2. The van der Waals surface area contributed by atoms with Gasteiger partial charge in [-0.1, -0.05) is 30.3 Å². The molecule has 1 atom stereocenters. The van der Waals surface area contributed by atoms with Crippen LogP contribution in [0.4, 0.5) is 5.69 Å². The van der Waals surface area contributed by atoms with E-state index in [0.29, 0.717) is 16.8 Å². The Hall–Kier alpha value is -2.82. The average Bonchev–Trinajstić information content (AvgIpc) is 2.83. The molecule has 1 heterocycles. The van der Waals surface area contributed by atoms with Crippen LogP contribution in [0, 0.1) is 0 Å². The molecule has 3 rings (SSSR count). The van der Waals surface area contributed by atoms with Crippen molar-refractivity contribution >= 4 is 22.7 Å². The number of fused-ring (bicyclic) bond motifs is 1. The van der Waals surface area contributed by atoms with Crippen molar-refractivity contribution in [3.63, 3.8) is 0 Å². The summed E-state index contributed by atoms with van der Waals surface area (Å²) in [7, 11) is 0. The van der Waals surface area contributed by atoms with Gasteiger partial charge in [0.25, 0.3) is 0 Å². The van der Waals surface area contributed by atoms with E-state index in [9.17, 15) is 9.59 Å². The first-order valence-electron chi connectivity index (χ1n) is 6.63. The van der Waals surface area contributed by atoms with E-state index in [1.165, 1.54) is 4.57 Å². The van der Waals surface area contributed by atoms with Gasteiger partial charge in [0.2, 0.25) is 5.91 Å². The second-order valence-electron chi connectivity index (χ2n) is 4.74. The number of carbonyl (C=O) groups is 1. The lowest BCUT2D eigenvalue weighted by Gasteiger charge is -2.13. The summed E-state index contributed by atoms with van der Waals surface area (Å²) >= 11 is 0. The van der Waals surface area contributed by atoms with Crippen molar-refractivity contribution in [3.05, 3.63) is 65.1 Å². The van der Waals surface area contributed by atoms with Crippen molar-refractivity contribution in [3.8, 4) is 0 Å². The van der Waals surface area contributed by atoms with Crippen LogP contribution < -0.4 is 11.1 Å². The fourth-order valence-corrected chi connectivity index (χ4v) is 2.24. The number of anilines is 1. The molecule has 2 aromatic carbocycles. The van der Waals surface area contributed by atoms with Crippen molar-refractivity contribution in [1.82, 2.24) is 4.57 Å². The fourth-order valence-electron chi connectivity index (χ4n) is 2.24. The monoisotopic (exact) mass is 282 g/mol. The molecular formula is C16H14N2O3. The highest BCUT2D eigenvalue weighted by Gasteiger charge is 2.21. The third-order valence-electron chi connectivity index (χ3n) is 3.33. The van der Waals surface area contributed by atoms with Crippen molar-refractivity contribution < 1.29 is 9.21 Å². The number of nitrogens with one attached hydrogen (secondary N) is 1. The van der Waals surface area contributed by atoms with E-state index in [4.69, 9.17) is 4.42 Å². The second-order valence-corrected chi connectivity index (χ2v) is 4.74. The van der Waals surface area contributed by atoms with Crippen molar-refractivity contribution in [1.29, 1.82) is 0 Å². The predicted molar refractivity (Wildman–Crippen MR) is 80.3 cm³/mol. The van der Waals surface area contributed by atoms with Crippen LogP contribution in [0.1, 0.15) is 13.0 Å². The lowest BCUT2D eigenvalue weighted by Crippen LogP contribution is -2.29. The maximum absolute atomic E-state index is 12.3. The summed E-state index contributed by atoms with van der Waals surface area (Å²) in [5, 5.41) is 2.78. The number of rotatable bonds is 3. The third-order valence-corrected chi connectivity index (χ3v) is 3.33. The predicted octanol–water partition coefficient (Wildman–Crippen LogP) is 2.79. The Labute approximate surface area is 120 Å². The summed E-state index contributed by atoms with van der Waals surface area (Å²) in [5.41, 5.74) is 1.77. The van der Waals surface area contributed by atoms with Gasteiger partial charge >= 0.3 is 5.76 Å². The van der Waals surface area contributed by atoms with Crippen LogP contribution in [0.2, 0.25) is 0 Å². The maximum Gasteiger partial charge on any atom is 0.420 e. The first-order valence-corrected chi connectivity index (χ1v) is 6.63. The molecule has 0 fully saturated rings. The number of nitrogens with zero attached hydrogens (tertiary/aromatic N) is 1. The quantitative estimate of drug-likeness (QED) is 0.803. The van der Waals surface area contributed by atoms with Crippen molar-refractivity contribution in [2.75, 3.05) is 5.32 Å². The van der Waals surface area contributed by atoms with Crippen LogP contribution in [0.25, 0.3) is 11.1 Å². The lowest BCUT2D eigenvalue weighted by atomic mass is 10.2. The van der Waals surface area contributed by atoms with Crippen molar-refractivity contribution in [2.45, 2.75) is 13.0 Å². The normalized spacial score (nSPS) is 12.2. The molecule has 0 aliphatic heterocycles. The number of para-hydroxylation sites is 3. The second kappa shape index (κ2) is 5.28. The van der Waals surface area contributed by atoms with Gasteiger partial charge in [-0.05, 0) is 31.2 Å². The van der Waals surface area contributed by atoms with Gasteiger partial charge in [-0.2, -0.15) is 0 Å². The minimum Gasteiger partial charge on any atom is -0.408 e. The molecule has 5 heteroatoms. The standard InChI is InChI=1S/C16H14N2O3/c1-11(15(19)17-12-7-3-2-4-8-12)18-13-9-5-6-10-14(13)21-16(18)20/h2-11H,1H3,(H,17,19)/t11-/m1/s1. The van der Waals surface area contributed by atoms with Gasteiger partial charge in [0, 0.05) is 5.69 Å². The van der Waals surface area contributed by atoms with E-state index >= 15 is 0 Å². The smallest absolute Gasteiger partial charge is 0.408 e. The molecule has 5 nitrogen and oxygen atoms in total. The van der Waals surface area contributed by atoms with Gasteiger partial charge in [-0.15, -0.1) is 0 Å². The van der Waals surface area contributed by atoms with Gasteiger partial charge in [-0.3, -0.25) is 9.36 Å². The van der Waals surface area contributed by atoms with E-state index in [1.54, 1.807) is 43.3 Å². The maximum atomic E-state index is 12.3. The molecule has 0 spiro atoms. The van der Waals surface area contributed by atoms with Crippen LogP contribution >= 0.6 is 0 Å². The summed E-state index contributed by atoms with van der Waals surface area (Å²) in [6.45, 7) is 1.67. The average molecular weight is 282 g/mol. The summed E-state index contributed by atoms with van der Waals surface area (Å²) in [6.07, 6.45) is 0. The Bertz CT molecular complexity index is 833. The zero-order valence-corrected chi connectivity index (χ0v) is 11.4. The summed E-state index contributed by atoms with van der Waals surface area (Å²) in [6, 6.07) is 15.5. The lowest BCUT2D eigenvalue weighted by molar-refractivity contribution is -0.118. The Morgan fingerprint density at radius 3 is 2.52 bits per heavy atom. The van der Waals surface area contributed by atoms with Gasteiger partial charge < -0.3 is 9.73 Å². The summed E-state index contributed by atoms with van der Waals surface area (Å²) < 4.78 is 6.50. The molecule has 0 aliphatic carbocycles. The largest absolute Gasteiger partial charge is 0.420 e. The minimum atomic E-state index is -0.665. The van der Waals surface area contributed by atoms with E-state index in [-0.39, 0.29) is 5.91 Å². The third kappa shape index (κ3) is 2.45. The summed E-state index contributed by atoms with van der Waals surface area (Å²) in [5.74, 6) is -0.804. The highest BCUT2D eigenvalue weighted by molar-refractivity contribution is 5.94. The van der Waals surface area contributed by atoms with Crippen LogP contribution in [0.3, 0.4) is 0 Å². The summed E-state index contributed by atoms with van der Waals surface area (Å²) in [4.78, 5) is 24.2. The Balaban J connectivity index is 1.93. The number of benzene rings is 2. The van der Waals surface area contributed by atoms with Crippen LogP contribution in [-0.2, 0) is 4.79 Å². The van der Waals surface area contributed by atoms with Gasteiger partial charge in [0.1, 0.15) is 6.04 Å². The van der Waals surface area contributed by atoms with Gasteiger partial charge in [-0.25, -0.2) is 4.79 Å². The van der Waals surface area contributed by atoms with E-state index in [1.807, 2.05) is 18.2 Å². The Morgan fingerprint density at radius 2 is 1.76 bits per heavy atom. The highest BCUT2D eigenvalue weighted by Crippen LogP contribution is 2.18. The molecule has 0 saturated heterocycles. The zero-order valence-electron chi connectivity index (χ0n) is 11.4. The highest BCUT2D eigenvalue weighted by atomic mass is 16.4. The molecule has 106 valence electrons. The molecule has 1 amide bonds. The number of aromatic nitrogens is 1. The Morgan fingerprint density at radius 1 is 1.10 bits per heavy atom. The minimum absolute atomic E-state index is 0.269. The molecule has 0 unspecified atom stereocenters. The molecule has 1 aromatic heterocycles. The molecule has 21 heavy (non-hydrogen) atoms. The van der Waals surface area contributed by atoms with Gasteiger partial charge in [0.15, 0.2) is 5.58 Å². The van der Waals surface area contributed by atoms with Gasteiger partial charge in [0.05, 0.1) is 5.52 Å². The number of oxazole rings is 1.